The monoisotopic (exact) mass is 445 g/mol. The van der Waals surface area contributed by atoms with E-state index in [4.69, 9.17) is 9.26 Å². The van der Waals surface area contributed by atoms with Crippen molar-refractivity contribution < 1.29 is 14.1 Å². The fourth-order valence-electron chi connectivity index (χ4n) is 5.91. The molecule has 3 aliphatic rings. The first-order valence-corrected chi connectivity index (χ1v) is 11.8. The van der Waals surface area contributed by atoms with E-state index in [2.05, 4.69) is 27.7 Å². The number of anilines is 1. The Kier molecular flexibility index (Phi) is 4.51. The predicted octanol–water partition coefficient (Wildman–Crippen LogP) is 5.14. The second kappa shape index (κ2) is 7.34. The van der Waals surface area contributed by atoms with E-state index < -0.39 is 5.60 Å². The average Bonchev–Trinajstić information content (AvgIpc) is 3.45. The topological polar surface area (TPSA) is 97.2 Å². The molecule has 2 saturated carbocycles. The van der Waals surface area contributed by atoms with Gasteiger partial charge in [0.1, 0.15) is 5.60 Å². The summed E-state index contributed by atoms with van der Waals surface area (Å²) < 4.78 is 13.7. The summed E-state index contributed by atoms with van der Waals surface area (Å²) in [4.78, 5) is 19.0. The molecule has 8 nitrogen and oxygen atoms in total. The zero-order valence-electron chi connectivity index (χ0n) is 18.8. The maximum absolute atomic E-state index is 12.9. The molecule has 0 bridgehead atoms. The van der Waals surface area contributed by atoms with Gasteiger partial charge < -0.3 is 13.8 Å². The number of ether oxygens (including phenoxy) is 1. The lowest BCUT2D eigenvalue weighted by molar-refractivity contribution is -0.0264. The molecule has 1 aromatic carbocycles. The Bertz CT molecular complexity index is 1270. The summed E-state index contributed by atoms with van der Waals surface area (Å²) in [6.45, 7) is 3.50. The molecule has 6 rings (SSSR count). The van der Waals surface area contributed by atoms with Gasteiger partial charge in [-0.15, -0.1) is 0 Å². The predicted molar refractivity (Wildman–Crippen MR) is 121 cm³/mol. The molecule has 8 heteroatoms. The third-order valence-corrected chi connectivity index (χ3v) is 7.74. The third-order valence-electron chi connectivity index (χ3n) is 7.74. The number of rotatable bonds is 4. The van der Waals surface area contributed by atoms with Gasteiger partial charge in [0.05, 0.1) is 41.2 Å². The maximum atomic E-state index is 12.9. The Morgan fingerprint density at radius 1 is 1.24 bits per heavy atom. The molecule has 3 heterocycles. The van der Waals surface area contributed by atoms with Crippen molar-refractivity contribution in [1.29, 1.82) is 5.26 Å². The summed E-state index contributed by atoms with van der Waals surface area (Å²) in [5.74, 6) is 0.954. The highest BCUT2D eigenvalue weighted by atomic mass is 16.6. The molecule has 1 aliphatic heterocycles. The summed E-state index contributed by atoms with van der Waals surface area (Å²) in [6.07, 6.45) is 8.64. The summed E-state index contributed by atoms with van der Waals surface area (Å²) in [6, 6.07) is 9.70. The van der Waals surface area contributed by atoms with Crippen LogP contribution in [-0.2, 0) is 11.3 Å². The van der Waals surface area contributed by atoms with Crippen LogP contribution in [0.1, 0.15) is 69.0 Å². The number of amides is 1. The molecule has 2 unspecified atom stereocenters. The van der Waals surface area contributed by atoms with Gasteiger partial charge in [-0.3, -0.25) is 0 Å². The largest absolute Gasteiger partial charge is 0.441 e. The van der Waals surface area contributed by atoms with Crippen LogP contribution in [0.2, 0.25) is 0 Å². The first-order valence-electron chi connectivity index (χ1n) is 11.8. The number of hydrogen-bond acceptors (Lipinski definition) is 6. The fourth-order valence-corrected chi connectivity index (χ4v) is 5.91. The molecule has 0 N–H and O–H groups in total. The zero-order valence-corrected chi connectivity index (χ0v) is 18.8. The van der Waals surface area contributed by atoms with Crippen LogP contribution < -0.4 is 4.90 Å². The van der Waals surface area contributed by atoms with E-state index in [1.165, 1.54) is 6.42 Å². The molecule has 33 heavy (non-hydrogen) atoms. The van der Waals surface area contributed by atoms with Gasteiger partial charge in [0.2, 0.25) is 5.88 Å². The van der Waals surface area contributed by atoms with Crippen LogP contribution in [0, 0.1) is 16.7 Å². The van der Waals surface area contributed by atoms with Gasteiger partial charge in [-0.25, -0.2) is 14.7 Å². The summed E-state index contributed by atoms with van der Waals surface area (Å²) >= 11 is 0. The average molecular weight is 446 g/mol. The van der Waals surface area contributed by atoms with Crippen LogP contribution in [0.5, 0.6) is 0 Å². The van der Waals surface area contributed by atoms with Crippen LogP contribution in [0.15, 0.2) is 35.1 Å². The molecule has 2 atom stereocenters. The number of nitrogens with zero attached hydrogens (tertiary/aromatic N) is 5. The lowest BCUT2D eigenvalue weighted by Crippen LogP contribution is -2.45. The van der Waals surface area contributed by atoms with Crippen LogP contribution >= 0.6 is 0 Å². The molecule has 1 spiro atoms. The minimum atomic E-state index is -0.526. The smallest absolute Gasteiger partial charge is 0.417 e. The second-order valence-electron chi connectivity index (χ2n) is 10.4. The van der Waals surface area contributed by atoms with Gasteiger partial charge in [0.15, 0.2) is 0 Å². The lowest BCUT2D eigenvalue weighted by Gasteiger charge is -2.43. The van der Waals surface area contributed by atoms with Gasteiger partial charge >= 0.3 is 6.09 Å². The molecular formula is C25H27N5O3. The number of carbonyl (C=O) groups is 1. The highest BCUT2D eigenvalue weighted by Gasteiger charge is 2.52. The van der Waals surface area contributed by atoms with Crippen molar-refractivity contribution in [2.75, 3.05) is 11.4 Å². The summed E-state index contributed by atoms with van der Waals surface area (Å²) in [7, 11) is 0. The van der Waals surface area contributed by atoms with E-state index in [-0.39, 0.29) is 11.5 Å². The first-order chi connectivity index (χ1) is 16.0. The number of benzene rings is 1. The van der Waals surface area contributed by atoms with Crippen molar-refractivity contribution in [2.24, 2.45) is 5.41 Å². The number of nitriles is 1. The minimum absolute atomic E-state index is 0.0661. The highest BCUT2D eigenvalue weighted by Crippen LogP contribution is 2.48. The van der Waals surface area contributed by atoms with E-state index in [0.29, 0.717) is 23.9 Å². The van der Waals surface area contributed by atoms with Crippen LogP contribution in [0.4, 0.5) is 10.7 Å². The highest BCUT2D eigenvalue weighted by molar-refractivity contribution is 5.88. The van der Waals surface area contributed by atoms with Gasteiger partial charge in [0, 0.05) is 18.5 Å². The third kappa shape index (κ3) is 3.47. The molecule has 170 valence electrons. The van der Waals surface area contributed by atoms with E-state index in [9.17, 15) is 10.1 Å². The summed E-state index contributed by atoms with van der Waals surface area (Å²) in [5.41, 5.74) is 2.83. The number of aromatic nitrogens is 3. The molecule has 0 radical (unpaired) electrons. The van der Waals surface area contributed by atoms with Crippen molar-refractivity contribution in [1.82, 2.24) is 14.7 Å². The minimum Gasteiger partial charge on any atom is -0.441 e. The molecule has 2 aliphatic carbocycles. The van der Waals surface area contributed by atoms with Gasteiger partial charge in [-0.1, -0.05) is 18.5 Å². The Morgan fingerprint density at radius 2 is 2.12 bits per heavy atom. The van der Waals surface area contributed by atoms with E-state index >= 15 is 0 Å². The number of hydrogen-bond donors (Lipinski definition) is 0. The Labute approximate surface area is 192 Å². The normalized spacial score (nSPS) is 27.6. The Hall–Kier alpha value is -3.34. The number of carbonyl (C=O) groups excluding carboxylic acids is 1. The van der Waals surface area contributed by atoms with Crippen LogP contribution in [-0.4, -0.2) is 32.9 Å². The SMILES string of the molecule is CC1(Cn2cnc3ccc(C#N)cc32)CCCC2(CN(c3cc(C4CCC4)no3)C(=O)O2)C1. The number of fused-ring (bicyclic) bond motifs is 1. The Balaban J connectivity index is 1.22. The van der Waals surface area contributed by atoms with Crippen molar-refractivity contribution in [2.45, 2.75) is 69.9 Å². The summed E-state index contributed by atoms with van der Waals surface area (Å²) in [5, 5.41) is 13.5. The van der Waals surface area contributed by atoms with E-state index in [1.807, 2.05) is 24.5 Å². The second-order valence-corrected chi connectivity index (χ2v) is 10.4. The van der Waals surface area contributed by atoms with Gasteiger partial charge in [0.25, 0.3) is 0 Å². The quantitative estimate of drug-likeness (QED) is 0.552. The molecule has 3 fully saturated rings. The maximum Gasteiger partial charge on any atom is 0.417 e. The van der Waals surface area contributed by atoms with E-state index in [1.54, 1.807) is 11.0 Å². The zero-order chi connectivity index (χ0) is 22.6. The molecule has 2 aromatic heterocycles. The van der Waals surface area contributed by atoms with Crippen LogP contribution in [0.3, 0.4) is 0 Å². The van der Waals surface area contributed by atoms with Gasteiger partial charge in [-0.2, -0.15) is 5.26 Å². The van der Waals surface area contributed by atoms with Crippen molar-refractivity contribution in [3.05, 3.63) is 41.9 Å². The van der Waals surface area contributed by atoms with Crippen molar-refractivity contribution >= 4 is 23.0 Å². The fraction of sp³-hybridized carbons (Fsp3) is 0.520. The van der Waals surface area contributed by atoms with Gasteiger partial charge in [-0.05, 0) is 62.1 Å². The molecule has 1 saturated heterocycles. The van der Waals surface area contributed by atoms with Crippen molar-refractivity contribution in [3.63, 3.8) is 0 Å². The molecular weight excluding hydrogens is 418 g/mol. The Morgan fingerprint density at radius 3 is 2.91 bits per heavy atom. The number of imidazole rings is 1. The van der Waals surface area contributed by atoms with Crippen molar-refractivity contribution in [3.8, 4) is 6.07 Å². The molecule has 3 aromatic rings. The van der Waals surface area contributed by atoms with Crippen LogP contribution in [0.25, 0.3) is 11.0 Å². The van der Waals surface area contributed by atoms with E-state index in [0.717, 1.165) is 61.8 Å². The lowest BCUT2D eigenvalue weighted by atomic mass is 9.68. The molecule has 1 amide bonds. The standard InChI is InChI=1S/C25H27N5O3/c1-24(14-29-16-27-19-7-6-17(12-26)10-21(19)29)8-3-9-25(13-24)15-30(23(31)32-25)22-11-20(28-33-22)18-4-2-5-18/h6-7,10-11,16,18H,2-5,8-9,13-15H2,1H3. The first kappa shape index (κ1) is 20.3.